The lowest BCUT2D eigenvalue weighted by Crippen LogP contribution is -1.96. The number of rotatable bonds is 4. The van der Waals surface area contributed by atoms with E-state index in [1.54, 1.807) is 18.3 Å². The fourth-order valence-corrected chi connectivity index (χ4v) is 2.71. The van der Waals surface area contributed by atoms with E-state index >= 15 is 0 Å². The van der Waals surface area contributed by atoms with Gasteiger partial charge in [0.25, 0.3) is 6.01 Å². The van der Waals surface area contributed by atoms with E-state index in [1.165, 1.54) is 11.6 Å². The Kier molecular flexibility index (Phi) is 3.67. The van der Waals surface area contributed by atoms with Crippen molar-refractivity contribution in [3.8, 4) is 11.3 Å². The average molecular weight is 328 g/mol. The Bertz CT molecular complexity index is 1070. The molecule has 0 spiro atoms. The molecule has 0 aliphatic heterocycles. The molecule has 0 aliphatic carbocycles. The first-order chi connectivity index (χ1) is 12.2. The van der Waals surface area contributed by atoms with Gasteiger partial charge in [-0.25, -0.2) is 4.98 Å². The lowest BCUT2D eigenvalue weighted by atomic mass is 10.1. The SMILES string of the molecule is N=Cc1cc(Nc2ncc(-c3ccc4ccccc4c3)o2)ccc1N. The molecule has 4 rings (SSSR count). The number of hydrogen-bond acceptors (Lipinski definition) is 5. The number of nitrogens with one attached hydrogen (secondary N) is 2. The third kappa shape index (κ3) is 2.95. The molecule has 0 radical (unpaired) electrons. The van der Waals surface area contributed by atoms with Crippen molar-refractivity contribution < 1.29 is 4.42 Å². The van der Waals surface area contributed by atoms with Gasteiger partial charge < -0.3 is 20.9 Å². The van der Waals surface area contributed by atoms with Crippen LogP contribution in [0.1, 0.15) is 5.56 Å². The van der Waals surface area contributed by atoms with Crippen LogP contribution in [0, 0.1) is 5.41 Å². The van der Waals surface area contributed by atoms with Crippen LogP contribution >= 0.6 is 0 Å². The zero-order chi connectivity index (χ0) is 17.2. The molecule has 122 valence electrons. The summed E-state index contributed by atoms with van der Waals surface area (Å²) in [4.78, 5) is 4.28. The third-order valence-corrected chi connectivity index (χ3v) is 4.03. The minimum Gasteiger partial charge on any atom is -0.423 e. The van der Waals surface area contributed by atoms with Gasteiger partial charge in [0.05, 0.1) is 6.20 Å². The van der Waals surface area contributed by atoms with Crippen molar-refractivity contribution >= 4 is 34.4 Å². The summed E-state index contributed by atoms with van der Waals surface area (Å²) in [5, 5.41) is 12.8. The maximum Gasteiger partial charge on any atom is 0.299 e. The zero-order valence-corrected chi connectivity index (χ0v) is 13.4. The summed E-state index contributed by atoms with van der Waals surface area (Å²) in [7, 11) is 0. The fraction of sp³-hybridized carbons (Fsp3) is 0. The van der Waals surface area contributed by atoms with E-state index in [4.69, 9.17) is 15.6 Å². The fourth-order valence-electron chi connectivity index (χ4n) is 2.71. The second-order valence-electron chi connectivity index (χ2n) is 5.70. The maximum atomic E-state index is 7.37. The van der Waals surface area contributed by atoms with E-state index in [0.29, 0.717) is 23.0 Å². The van der Waals surface area contributed by atoms with Crippen molar-refractivity contribution in [2.45, 2.75) is 0 Å². The summed E-state index contributed by atoms with van der Waals surface area (Å²) in [6, 6.07) is 20.1. The van der Waals surface area contributed by atoms with Crippen LogP contribution in [0.5, 0.6) is 0 Å². The predicted molar refractivity (Wildman–Crippen MR) is 101 cm³/mol. The minimum absolute atomic E-state index is 0.392. The van der Waals surface area contributed by atoms with Crippen LogP contribution in [-0.4, -0.2) is 11.2 Å². The van der Waals surface area contributed by atoms with Gasteiger partial charge in [0.2, 0.25) is 0 Å². The summed E-state index contributed by atoms with van der Waals surface area (Å²) in [5.41, 5.74) is 8.74. The standard InChI is InChI=1S/C20H16N4O/c21-11-16-10-17(7-8-18(16)22)24-20-23-12-19(25-20)15-6-5-13-3-1-2-4-14(13)9-15/h1-12,21H,22H2,(H,23,24). The summed E-state index contributed by atoms with van der Waals surface area (Å²) >= 11 is 0. The number of benzene rings is 3. The molecule has 0 atom stereocenters. The van der Waals surface area contributed by atoms with Crippen LogP contribution in [0.2, 0.25) is 0 Å². The lowest BCUT2D eigenvalue weighted by molar-refractivity contribution is 0.592. The highest BCUT2D eigenvalue weighted by Crippen LogP contribution is 2.28. The number of hydrogen-bond donors (Lipinski definition) is 3. The second-order valence-corrected chi connectivity index (χ2v) is 5.70. The Labute approximate surface area is 144 Å². The Hall–Kier alpha value is -3.60. The number of nitrogen functional groups attached to an aromatic ring is 1. The molecule has 0 fully saturated rings. The molecule has 1 heterocycles. The van der Waals surface area contributed by atoms with Crippen molar-refractivity contribution in [2.75, 3.05) is 11.1 Å². The van der Waals surface area contributed by atoms with Crippen LogP contribution in [0.25, 0.3) is 22.1 Å². The van der Waals surface area contributed by atoms with Crippen LogP contribution in [0.4, 0.5) is 17.4 Å². The quantitative estimate of drug-likeness (QED) is 0.370. The summed E-state index contributed by atoms with van der Waals surface area (Å²) in [6.07, 6.45) is 2.91. The highest BCUT2D eigenvalue weighted by molar-refractivity contribution is 5.87. The molecule has 1 aromatic heterocycles. The molecule has 0 amide bonds. The van der Waals surface area contributed by atoms with E-state index in [9.17, 15) is 0 Å². The third-order valence-electron chi connectivity index (χ3n) is 4.03. The molecule has 0 saturated heterocycles. The first-order valence-electron chi connectivity index (χ1n) is 7.85. The van der Waals surface area contributed by atoms with Gasteiger partial charge in [0.15, 0.2) is 5.76 Å². The van der Waals surface area contributed by atoms with Crippen molar-refractivity contribution in [2.24, 2.45) is 0 Å². The first kappa shape index (κ1) is 15.0. The Morgan fingerprint density at radius 1 is 1.00 bits per heavy atom. The van der Waals surface area contributed by atoms with Crippen LogP contribution in [-0.2, 0) is 0 Å². The topological polar surface area (TPSA) is 87.9 Å². The second kappa shape index (κ2) is 6.13. The molecule has 4 N–H and O–H groups in total. The van der Waals surface area contributed by atoms with E-state index in [0.717, 1.165) is 16.6 Å². The monoisotopic (exact) mass is 328 g/mol. The van der Waals surface area contributed by atoms with Crippen LogP contribution in [0.15, 0.2) is 71.3 Å². The maximum absolute atomic E-state index is 7.37. The Morgan fingerprint density at radius 3 is 2.68 bits per heavy atom. The van der Waals surface area contributed by atoms with Crippen molar-refractivity contribution in [1.82, 2.24) is 4.98 Å². The Morgan fingerprint density at radius 2 is 1.84 bits per heavy atom. The predicted octanol–water partition coefficient (Wildman–Crippen LogP) is 4.82. The molecular formula is C20H16N4O. The van der Waals surface area contributed by atoms with Gasteiger partial charge in [0, 0.05) is 28.7 Å². The zero-order valence-electron chi connectivity index (χ0n) is 13.4. The highest BCUT2D eigenvalue weighted by atomic mass is 16.4. The molecule has 4 aromatic rings. The number of nitrogens with two attached hydrogens (primary N) is 1. The number of fused-ring (bicyclic) bond motifs is 1. The number of anilines is 3. The van der Waals surface area contributed by atoms with Gasteiger partial charge in [-0.1, -0.05) is 36.4 Å². The molecule has 0 bridgehead atoms. The van der Waals surface area contributed by atoms with Crippen molar-refractivity contribution in [1.29, 1.82) is 5.41 Å². The number of nitrogens with zero attached hydrogens (tertiary/aromatic N) is 1. The van der Waals surface area contributed by atoms with Gasteiger partial charge >= 0.3 is 0 Å². The molecule has 5 nitrogen and oxygen atoms in total. The molecule has 0 saturated carbocycles. The minimum atomic E-state index is 0.392. The molecule has 0 aliphatic rings. The lowest BCUT2D eigenvalue weighted by Gasteiger charge is -2.05. The van der Waals surface area contributed by atoms with E-state index < -0.39 is 0 Å². The molecule has 3 aromatic carbocycles. The normalized spacial score (nSPS) is 10.7. The smallest absolute Gasteiger partial charge is 0.299 e. The Balaban J connectivity index is 1.62. The summed E-state index contributed by atoms with van der Waals surface area (Å²) in [5.74, 6) is 0.691. The van der Waals surface area contributed by atoms with Crippen LogP contribution in [0.3, 0.4) is 0 Å². The first-order valence-corrected chi connectivity index (χ1v) is 7.85. The van der Waals surface area contributed by atoms with Crippen molar-refractivity contribution in [3.05, 3.63) is 72.4 Å². The van der Waals surface area contributed by atoms with Gasteiger partial charge in [0.1, 0.15) is 0 Å². The molecule has 25 heavy (non-hydrogen) atoms. The molecule has 5 heteroatoms. The average Bonchev–Trinajstić information content (AvgIpc) is 3.11. The van der Waals surface area contributed by atoms with Gasteiger partial charge in [-0.2, -0.15) is 0 Å². The van der Waals surface area contributed by atoms with Gasteiger partial charge in [-0.05, 0) is 35.0 Å². The van der Waals surface area contributed by atoms with E-state index in [-0.39, 0.29) is 0 Å². The number of oxazole rings is 1. The number of aromatic nitrogens is 1. The highest BCUT2D eigenvalue weighted by Gasteiger charge is 2.08. The molecule has 0 unspecified atom stereocenters. The van der Waals surface area contributed by atoms with E-state index in [1.807, 2.05) is 24.3 Å². The summed E-state index contributed by atoms with van der Waals surface area (Å²) < 4.78 is 5.82. The van der Waals surface area contributed by atoms with E-state index in [2.05, 4.69) is 34.6 Å². The van der Waals surface area contributed by atoms with Gasteiger partial charge in [-0.15, -0.1) is 0 Å². The molecular weight excluding hydrogens is 312 g/mol. The summed E-state index contributed by atoms with van der Waals surface area (Å²) in [6.45, 7) is 0. The van der Waals surface area contributed by atoms with Crippen molar-refractivity contribution in [3.63, 3.8) is 0 Å². The largest absolute Gasteiger partial charge is 0.423 e. The van der Waals surface area contributed by atoms with Crippen LogP contribution < -0.4 is 11.1 Å². The van der Waals surface area contributed by atoms with Gasteiger partial charge in [-0.3, -0.25) is 0 Å².